The molecule has 0 N–H and O–H groups in total. The third-order valence-corrected chi connectivity index (χ3v) is 9.80. The number of hydrogen-bond acceptors (Lipinski definition) is 0. The van der Waals surface area contributed by atoms with Crippen molar-refractivity contribution in [3.05, 3.63) is 157 Å². The second-order valence-corrected chi connectivity index (χ2v) is 12.1. The van der Waals surface area contributed by atoms with Crippen LogP contribution in [0.15, 0.2) is 146 Å². The molecule has 0 saturated carbocycles. The summed E-state index contributed by atoms with van der Waals surface area (Å²) in [5.74, 6) is 0. The van der Waals surface area contributed by atoms with E-state index in [-0.39, 0.29) is 0 Å². The number of aryl methyl sites for hydroxylation is 2. The number of aromatic nitrogens is 2. The molecular formula is C42H28N2. The van der Waals surface area contributed by atoms with Crippen molar-refractivity contribution in [2.75, 3.05) is 0 Å². The minimum atomic E-state index is 1.09. The quantitative estimate of drug-likeness (QED) is 0.199. The molecule has 206 valence electrons. The molecule has 0 radical (unpaired) electrons. The Balaban J connectivity index is 1.20. The number of para-hydroxylation sites is 2. The van der Waals surface area contributed by atoms with Gasteiger partial charge >= 0.3 is 0 Å². The molecule has 0 atom stereocenters. The van der Waals surface area contributed by atoms with Crippen molar-refractivity contribution >= 4 is 54.4 Å². The summed E-state index contributed by atoms with van der Waals surface area (Å²) in [6, 6.07) is 53.8. The maximum atomic E-state index is 2.45. The van der Waals surface area contributed by atoms with E-state index in [2.05, 4.69) is 155 Å². The summed E-state index contributed by atoms with van der Waals surface area (Å²) >= 11 is 0. The van der Waals surface area contributed by atoms with Crippen LogP contribution in [0.3, 0.4) is 0 Å². The molecule has 0 aliphatic heterocycles. The summed E-state index contributed by atoms with van der Waals surface area (Å²) in [6.45, 7) is 0. The average molecular weight is 561 g/mol. The van der Waals surface area contributed by atoms with Gasteiger partial charge in [-0.1, -0.05) is 91.0 Å². The topological polar surface area (TPSA) is 9.86 Å². The third kappa shape index (κ3) is 3.25. The lowest BCUT2D eigenvalue weighted by atomic mass is 9.85. The number of benzene rings is 7. The smallest absolute Gasteiger partial charge is 0.0547 e. The molecular weight excluding hydrogens is 532 g/mol. The van der Waals surface area contributed by atoms with E-state index in [0.29, 0.717) is 0 Å². The van der Waals surface area contributed by atoms with Crippen molar-refractivity contribution in [3.63, 3.8) is 0 Å². The van der Waals surface area contributed by atoms with Gasteiger partial charge in [0.15, 0.2) is 0 Å². The minimum absolute atomic E-state index is 1.09. The number of fused-ring (bicyclic) bond motifs is 11. The van der Waals surface area contributed by atoms with Gasteiger partial charge in [0.25, 0.3) is 0 Å². The van der Waals surface area contributed by atoms with Gasteiger partial charge in [0.05, 0.1) is 22.1 Å². The van der Waals surface area contributed by atoms with E-state index < -0.39 is 0 Å². The molecule has 0 fully saturated rings. The lowest BCUT2D eigenvalue weighted by molar-refractivity contribution is 0.944. The molecule has 0 spiro atoms. The summed E-state index contributed by atoms with van der Waals surface area (Å²) in [4.78, 5) is 0. The highest BCUT2D eigenvalue weighted by Gasteiger charge is 2.21. The van der Waals surface area contributed by atoms with Gasteiger partial charge in [0.1, 0.15) is 0 Å². The average Bonchev–Trinajstić information content (AvgIpc) is 3.60. The molecule has 1 aliphatic carbocycles. The molecule has 44 heavy (non-hydrogen) atoms. The fraction of sp³-hybridized carbons (Fsp3) is 0.0476. The highest BCUT2D eigenvalue weighted by molar-refractivity contribution is 6.21. The highest BCUT2D eigenvalue weighted by atomic mass is 15.0. The Hall–Kier alpha value is -5.60. The first-order valence-electron chi connectivity index (χ1n) is 15.5. The van der Waals surface area contributed by atoms with Crippen molar-refractivity contribution in [2.24, 2.45) is 0 Å². The molecule has 2 heterocycles. The van der Waals surface area contributed by atoms with Crippen LogP contribution in [0.4, 0.5) is 0 Å². The van der Waals surface area contributed by atoms with Crippen LogP contribution in [0.25, 0.3) is 76.9 Å². The first kappa shape index (κ1) is 23.9. The molecule has 0 saturated heterocycles. The van der Waals surface area contributed by atoms with Crippen molar-refractivity contribution < 1.29 is 0 Å². The van der Waals surface area contributed by atoms with Crippen LogP contribution in [0, 0.1) is 0 Å². The van der Waals surface area contributed by atoms with E-state index in [9.17, 15) is 0 Å². The first-order valence-corrected chi connectivity index (χ1v) is 15.5. The van der Waals surface area contributed by atoms with Gasteiger partial charge in [0, 0.05) is 32.9 Å². The van der Waals surface area contributed by atoms with Crippen LogP contribution in [-0.2, 0) is 12.8 Å². The van der Waals surface area contributed by atoms with E-state index in [1.165, 1.54) is 88.0 Å². The van der Waals surface area contributed by atoms with Gasteiger partial charge in [-0.25, -0.2) is 0 Å². The third-order valence-electron chi connectivity index (χ3n) is 9.80. The molecule has 9 aromatic rings. The van der Waals surface area contributed by atoms with Crippen LogP contribution in [0.5, 0.6) is 0 Å². The highest BCUT2D eigenvalue weighted by Crippen LogP contribution is 2.41. The predicted molar refractivity (Wildman–Crippen MR) is 185 cm³/mol. The Morgan fingerprint density at radius 2 is 0.977 bits per heavy atom. The molecule has 2 heteroatoms. The largest absolute Gasteiger partial charge is 0.309 e. The van der Waals surface area contributed by atoms with Gasteiger partial charge in [-0.05, 0) is 100 Å². The monoisotopic (exact) mass is 560 g/mol. The maximum absolute atomic E-state index is 2.45. The molecule has 0 amide bonds. The Labute approximate surface area is 255 Å². The van der Waals surface area contributed by atoms with Crippen LogP contribution in [0.1, 0.15) is 11.1 Å². The lowest BCUT2D eigenvalue weighted by Crippen LogP contribution is -2.04. The van der Waals surface area contributed by atoms with Crippen molar-refractivity contribution in [3.8, 4) is 22.5 Å². The maximum Gasteiger partial charge on any atom is 0.0547 e. The summed E-state index contributed by atoms with van der Waals surface area (Å²) in [5, 5.41) is 7.81. The molecule has 2 aromatic heterocycles. The standard InChI is InChI=1S/C42H28N2/c1-3-11-32-27(9-1)17-18-29-25-37-34-13-5-7-15-38(34)44(41(37)26-36(29)32)31-22-20-30(21-23-31)43-39-16-8-6-14-35(39)42-33-12-4-2-10-28(33)19-24-40(42)43/h1-16,19-26H,17-18H2. The minimum Gasteiger partial charge on any atom is -0.309 e. The predicted octanol–water partition coefficient (Wildman–Crippen LogP) is 10.8. The zero-order chi connectivity index (χ0) is 28.8. The number of nitrogens with zero attached hydrogens (tertiary/aromatic N) is 2. The van der Waals surface area contributed by atoms with Crippen LogP contribution < -0.4 is 0 Å². The molecule has 0 unspecified atom stereocenters. The Morgan fingerprint density at radius 1 is 0.364 bits per heavy atom. The SMILES string of the molecule is c1ccc2c(c1)CCc1cc3c4ccccc4n(-c4ccc(-n5c6ccccc6c6c7ccccc7ccc65)cc4)c3cc1-2. The fourth-order valence-electron chi connectivity index (χ4n) is 7.83. The zero-order valence-corrected chi connectivity index (χ0v) is 24.2. The fourth-order valence-corrected chi connectivity index (χ4v) is 7.83. The van der Waals surface area contributed by atoms with E-state index >= 15 is 0 Å². The van der Waals surface area contributed by atoms with Crippen LogP contribution in [0.2, 0.25) is 0 Å². The van der Waals surface area contributed by atoms with Gasteiger partial charge in [-0.15, -0.1) is 0 Å². The van der Waals surface area contributed by atoms with Crippen molar-refractivity contribution in [1.29, 1.82) is 0 Å². The van der Waals surface area contributed by atoms with E-state index in [0.717, 1.165) is 12.8 Å². The number of hydrogen-bond donors (Lipinski definition) is 0. The number of rotatable bonds is 2. The molecule has 1 aliphatic rings. The summed E-state index contributed by atoms with van der Waals surface area (Å²) in [7, 11) is 0. The van der Waals surface area contributed by atoms with Crippen molar-refractivity contribution in [1.82, 2.24) is 9.13 Å². The van der Waals surface area contributed by atoms with Crippen LogP contribution >= 0.6 is 0 Å². The van der Waals surface area contributed by atoms with Crippen molar-refractivity contribution in [2.45, 2.75) is 12.8 Å². The van der Waals surface area contributed by atoms with E-state index in [4.69, 9.17) is 0 Å². The summed E-state index contributed by atoms with van der Waals surface area (Å²) in [6.07, 6.45) is 2.19. The lowest BCUT2D eigenvalue weighted by Gasteiger charge is -2.20. The second-order valence-electron chi connectivity index (χ2n) is 12.1. The van der Waals surface area contributed by atoms with Gasteiger partial charge in [0.2, 0.25) is 0 Å². The van der Waals surface area contributed by atoms with Gasteiger partial charge < -0.3 is 9.13 Å². The zero-order valence-electron chi connectivity index (χ0n) is 24.2. The Morgan fingerprint density at radius 3 is 1.80 bits per heavy atom. The van der Waals surface area contributed by atoms with Crippen LogP contribution in [-0.4, -0.2) is 9.13 Å². The van der Waals surface area contributed by atoms with Gasteiger partial charge in [-0.2, -0.15) is 0 Å². The molecule has 10 rings (SSSR count). The second kappa shape index (κ2) is 8.95. The van der Waals surface area contributed by atoms with E-state index in [1.807, 2.05) is 0 Å². The Kier molecular flexibility index (Phi) is 4.86. The molecule has 2 nitrogen and oxygen atoms in total. The molecule has 7 aromatic carbocycles. The first-order chi connectivity index (χ1) is 21.8. The normalized spacial score (nSPS) is 12.8. The van der Waals surface area contributed by atoms with Gasteiger partial charge in [-0.3, -0.25) is 0 Å². The van der Waals surface area contributed by atoms with E-state index in [1.54, 1.807) is 0 Å². The summed E-state index contributed by atoms with van der Waals surface area (Å²) in [5.41, 5.74) is 13.0. The Bertz CT molecular complexity index is 2600. The molecule has 0 bridgehead atoms. The summed E-state index contributed by atoms with van der Waals surface area (Å²) < 4.78 is 4.87.